The van der Waals surface area contributed by atoms with E-state index in [1.54, 1.807) is 12.1 Å². The van der Waals surface area contributed by atoms with Crippen molar-refractivity contribution in [3.8, 4) is 0 Å². The fourth-order valence-corrected chi connectivity index (χ4v) is 3.50. The molecule has 26 heavy (non-hydrogen) atoms. The Morgan fingerprint density at radius 1 is 1.38 bits per heavy atom. The average Bonchev–Trinajstić information content (AvgIpc) is 2.85. The lowest BCUT2D eigenvalue weighted by molar-refractivity contribution is -0.156. The smallest absolute Gasteiger partial charge is 0.331 e. The van der Waals surface area contributed by atoms with Gasteiger partial charge in [0.05, 0.1) is 13.5 Å². The molecule has 1 fully saturated rings. The number of anilines is 1. The molecule has 8 nitrogen and oxygen atoms in total. The van der Waals surface area contributed by atoms with Gasteiger partial charge in [0.25, 0.3) is 5.91 Å². The first-order valence-corrected chi connectivity index (χ1v) is 8.49. The lowest BCUT2D eigenvalue weighted by Gasteiger charge is -2.35. The van der Waals surface area contributed by atoms with Crippen LogP contribution in [0.15, 0.2) is 18.2 Å². The fraction of sp³-hybridized carbons (Fsp3) is 0.471. The van der Waals surface area contributed by atoms with E-state index in [1.165, 1.54) is 13.2 Å². The Labute approximate surface area is 154 Å². The predicted octanol–water partition coefficient (Wildman–Crippen LogP) is 0.708. The standard InChI is InChI=1S/C17H19ClN2O6/c1-25-15(23)16(4-6-26-7-5-16)20-13(21)9-17(24)11-8-10(18)2-3-12(11)19-14(17)22/h2-3,8,24H,4-7,9H2,1H3,(H,19,22)(H,20,21). The van der Waals surface area contributed by atoms with Gasteiger partial charge < -0.3 is 25.2 Å². The molecule has 3 rings (SSSR count). The number of methoxy groups -OCH3 is 1. The number of benzene rings is 1. The zero-order valence-corrected chi connectivity index (χ0v) is 14.9. The van der Waals surface area contributed by atoms with Crippen LogP contribution in [0.2, 0.25) is 5.02 Å². The molecule has 2 amide bonds. The van der Waals surface area contributed by atoms with Crippen LogP contribution in [0.25, 0.3) is 0 Å². The summed E-state index contributed by atoms with van der Waals surface area (Å²) in [5.74, 6) is -1.95. The zero-order valence-electron chi connectivity index (χ0n) is 14.1. The van der Waals surface area contributed by atoms with Crippen molar-refractivity contribution < 1.29 is 29.0 Å². The molecule has 140 valence electrons. The summed E-state index contributed by atoms with van der Waals surface area (Å²) in [4.78, 5) is 37.1. The minimum Gasteiger partial charge on any atom is -0.467 e. The van der Waals surface area contributed by atoms with E-state index in [2.05, 4.69) is 10.6 Å². The fourth-order valence-electron chi connectivity index (χ4n) is 3.33. The van der Waals surface area contributed by atoms with Gasteiger partial charge in [0.15, 0.2) is 5.60 Å². The monoisotopic (exact) mass is 382 g/mol. The second-order valence-corrected chi connectivity index (χ2v) is 6.85. The molecular formula is C17H19ClN2O6. The van der Waals surface area contributed by atoms with Crippen LogP contribution >= 0.6 is 11.6 Å². The van der Waals surface area contributed by atoms with Crippen molar-refractivity contribution in [3.05, 3.63) is 28.8 Å². The molecule has 1 atom stereocenters. The number of amides is 2. The summed E-state index contributed by atoms with van der Waals surface area (Å²) < 4.78 is 10.1. The van der Waals surface area contributed by atoms with Gasteiger partial charge in [-0.1, -0.05) is 11.6 Å². The average molecular weight is 383 g/mol. The molecule has 2 aliphatic heterocycles. The Hall–Kier alpha value is -2.16. The molecule has 2 heterocycles. The van der Waals surface area contributed by atoms with Crippen molar-refractivity contribution in [2.45, 2.75) is 30.4 Å². The highest BCUT2D eigenvalue weighted by Gasteiger charge is 2.49. The van der Waals surface area contributed by atoms with Crippen LogP contribution in [0.1, 0.15) is 24.8 Å². The van der Waals surface area contributed by atoms with Gasteiger partial charge in [0, 0.05) is 42.3 Å². The summed E-state index contributed by atoms with van der Waals surface area (Å²) in [5, 5.41) is 16.3. The molecule has 1 saturated heterocycles. The molecule has 1 aromatic carbocycles. The summed E-state index contributed by atoms with van der Waals surface area (Å²) in [6.07, 6.45) is -0.0529. The van der Waals surface area contributed by atoms with Crippen LogP contribution in [-0.2, 0) is 29.5 Å². The Morgan fingerprint density at radius 2 is 2.08 bits per heavy atom. The van der Waals surface area contributed by atoms with E-state index in [0.717, 1.165) is 0 Å². The van der Waals surface area contributed by atoms with Crippen LogP contribution in [0, 0.1) is 0 Å². The van der Waals surface area contributed by atoms with Gasteiger partial charge in [-0.3, -0.25) is 9.59 Å². The number of rotatable bonds is 4. The van der Waals surface area contributed by atoms with E-state index in [4.69, 9.17) is 21.1 Å². The SMILES string of the molecule is COC(=O)C1(NC(=O)CC2(O)C(=O)Nc3ccc(Cl)cc32)CCOCC1. The molecule has 0 saturated carbocycles. The van der Waals surface area contributed by atoms with Gasteiger partial charge in [0.1, 0.15) is 5.54 Å². The van der Waals surface area contributed by atoms with Crippen LogP contribution < -0.4 is 10.6 Å². The maximum absolute atomic E-state index is 12.6. The molecule has 1 unspecified atom stereocenters. The van der Waals surface area contributed by atoms with Crippen LogP contribution in [0.5, 0.6) is 0 Å². The van der Waals surface area contributed by atoms with Gasteiger partial charge in [-0.25, -0.2) is 4.79 Å². The third kappa shape index (κ3) is 3.15. The predicted molar refractivity (Wildman–Crippen MR) is 91.5 cm³/mol. The van der Waals surface area contributed by atoms with Gasteiger partial charge in [-0.15, -0.1) is 0 Å². The molecule has 9 heteroatoms. The first-order chi connectivity index (χ1) is 12.3. The summed E-state index contributed by atoms with van der Waals surface area (Å²) in [5.41, 5.74) is -2.67. The number of ether oxygens (including phenoxy) is 2. The number of esters is 1. The maximum Gasteiger partial charge on any atom is 0.331 e. The quantitative estimate of drug-likeness (QED) is 0.661. The topological polar surface area (TPSA) is 114 Å². The molecule has 3 N–H and O–H groups in total. The van der Waals surface area contributed by atoms with Crippen molar-refractivity contribution in [2.75, 3.05) is 25.6 Å². The Kier molecular flexibility index (Phi) is 4.92. The van der Waals surface area contributed by atoms with Crippen LogP contribution in [0.4, 0.5) is 5.69 Å². The highest BCUT2D eigenvalue weighted by Crippen LogP contribution is 2.40. The van der Waals surface area contributed by atoms with E-state index in [9.17, 15) is 19.5 Å². The van der Waals surface area contributed by atoms with E-state index in [0.29, 0.717) is 23.9 Å². The number of hydrogen-bond donors (Lipinski definition) is 3. The molecule has 2 aliphatic rings. The third-order valence-corrected chi connectivity index (χ3v) is 5.00. The van der Waals surface area contributed by atoms with Gasteiger partial charge in [0.2, 0.25) is 5.91 Å². The van der Waals surface area contributed by atoms with Crippen molar-refractivity contribution in [3.63, 3.8) is 0 Å². The van der Waals surface area contributed by atoms with Gasteiger partial charge in [-0.05, 0) is 18.2 Å². The minimum atomic E-state index is -2.06. The highest BCUT2D eigenvalue weighted by atomic mass is 35.5. The number of fused-ring (bicyclic) bond motifs is 1. The molecule has 0 aromatic heterocycles. The number of hydrogen-bond acceptors (Lipinski definition) is 6. The van der Waals surface area contributed by atoms with E-state index < -0.39 is 35.3 Å². The third-order valence-electron chi connectivity index (χ3n) is 4.77. The normalized spacial score (nSPS) is 23.7. The Morgan fingerprint density at radius 3 is 2.73 bits per heavy atom. The molecule has 0 bridgehead atoms. The van der Waals surface area contributed by atoms with E-state index in [-0.39, 0.29) is 18.4 Å². The zero-order chi connectivity index (χ0) is 18.9. The summed E-state index contributed by atoms with van der Waals surface area (Å²) in [6, 6.07) is 4.56. The van der Waals surface area contributed by atoms with Crippen molar-refractivity contribution >= 4 is 35.1 Å². The Bertz CT molecular complexity index is 762. The lowest BCUT2D eigenvalue weighted by atomic mass is 9.87. The van der Waals surface area contributed by atoms with Gasteiger partial charge in [-0.2, -0.15) is 0 Å². The minimum absolute atomic E-state index is 0.226. The second-order valence-electron chi connectivity index (χ2n) is 6.42. The first-order valence-electron chi connectivity index (χ1n) is 8.12. The summed E-state index contributed by atoms with van der Waals surface area (Å²) >= 11 is 5.95. The number of nitrogens with one attached hydrogen (secondary N) is 2. The highest BCUT2D eigenvalue weighted by molar-refractivity contribution is 6.31. The van der Waals surface area contributed by atoms with Crippen molar-refractivity contribution in [1.82, 2.24) is 5.32 Å². The number of aliphatic hydroxyl groups is 1. The molecule has 1 aromatic rings. The van der Waals surface area contributed by atoms with Crippen LogP contribution in [-0.4, -0.2) is 48.8 Å². The number of halogens is 1. The van der Waals surface area contributed by atoms with E-state index in [1.807, 2.05) is 0 Å². The molecular weight excluding hydrogens is 364 g/mol. The first kappa shape index (κ1) is 18.6. The van der Waals surface area contributed by atoms with Crippen molar-refractivity contribution in [1.29, 1.82) is 0 Å². The lowest BCUT2D eigenvalue weighted by Crippen LogP contribution is -2.59. The second kappa shape index (κ2) is 6.86. The van der Waals surface area contributed by atoms with Crippen molar-refractivity contribution in [2.24, 2.45) is 0 Å². The van der Waals surface area contributed by atoms with E-state index >= 15 is 0 Å². The maximum atomic E-state index is 12.6. The molecule has 0 radical (unpaired) electrons. The molecule has 0 aliphatic carbocycles. The molecule has 0 spiro atoms. The van der Waals surface area contributed by atoms with Gasteiger partial charge >= 0.3 is 5.97 Å². The summed E-state index contributed by atoms with van der Waals surface area (Å²) in [6.45, 7) is 0.581. The summed E-state index contributed by atoms with van der Waals surface area (Å²) in [7, 11) is 1.24. The number of carbonyl (C=O) groups excluding carboxylic acids is 3. The largest absolute Gasteiger partial charge is 0.467 e. The Balaban J connectivity index is 1.82. The number of carbonyl (C=O) groups is 3. The van der Waals surface area contributed by atoms with Crippen LogP contribution in [0.3, 0.4) is 0 Å².